The SMILES string of the molecule is CC(C)(C)C1N(C(C)(C)C)CC12CC2. The minimum absolute atomic E-state index is 0.353. The van der Waals surface area contributed by atoms with Crippen LogP contribution in [0.25, 0.3) is 0 Å². The first-order valence-corrected chi connectivity index (χ1v) is 5.94. The van der Waals surface area contributed by atoms with E-state index < -0.39 is 0 Å². The zero-order valence-electron chi connectivity index (χ0n) is 10.6. The summed E-state index contributed by atoms with van der Waals surface area (Å²) in [4.78, 5) is 2.71. The molecule has 1 aliphatic heterocycles. The molecular weight excluding hydrogens is 170 g/mol. The Balaban J connectivity index is 2.17. The second-order valence-corrected chi connectivity index (χ2v) is 7.43. The summed E-state index contributed by atoms with van der Waals surface area (Å²) in [6.45, 7) is 15.6. The highest BCUT2D eigenvalue weighted by molar-refractivity contribution is 5.18. The van der Waals surface area contributed by atoms with Crippen molar-refractivity contribution in [3.63, 3.8) is 0 Å². The lowest BCUT2D eigenvalue weighted by Crippen LogP contribution is -2.68. The first-order chi connectivity index (χ1) is 6.17. The molecule has 0 bridgehead atoms. The fraction of sp³-hybridized carbons (Fsp3) is 1.00. The fourth-order valence-electron chi connectivity index (χ4n) is 3.34. The molecule has 2 fully saturated rings. The Morgan fingerprint density at radius 3 is 1.79 bits per heavy atom. The van der Waals surface area contributed by atoms with Gasteiger partial charge in [0, 0.05) is 18.1 Å². The maximum absolute atomic E-state index is 2.71. The van der Waals surface area contributed by atoms with Gasteiger partial charge >= 0.3 is 0 Å². The van der Waals surface area contributed by atoms with Crippen molar-refractivity contribution in [3.8, 4) is 0 Å². The van der Waals surface area contributed by atoms with E-state index in [-0.39, 0.29) is 0 Å². The van der Waals surface area contributed by atoms with E-state index in [1.807, 2.05) is 0 Å². The quantitative estimate of drug-likeness (QED) is 0.573. The highest BCUT2D eigenvalue weighted by atomic mass is 15.3. The smallest absolute Gasteiger partial charge is 0.0218 e. The van der Waals surface area contributed by atoms with E-state index in [1.165, 1.54) is 19.4 Å². The monoisotopic (exact) mass is 195 g/mol. The number of nitrogens with zero attached hydrogens (tertiary/aromatic N) is 1. The molecule has 0 aromatic carbocycles. The third-order valence-electron chi connectivity index (χ3n) is 3.95. The predicted octanol–water partition coefficient (Wildman–Crippen LogP) is 3.30. The first kappa shape index (κ1) is 10.5. The zero-order chi connectivity index (χ0) is 10.8. The van der Waals surface area contributed by atoms with E-state index in [0.29, 0.717) is 11.0 Å². The fourth-order valence-corrected chi connectivity index (χ4v) is 3.34. The summed E-state index contributed by atoms with van der Waals surface area (Å²) in [5.74, 6) is 0. The molecule has 1 nitrogen and oxygen atoms in total. The van der Waals surface area contributed by atoms with E-state index in [9.17, 15) is 0 Å². The lowest BCUT2D eigenvalue weighted by molar-refractivity contribution is -0.119. The molecule has 14 heavy (non-hydrogen) atoms. The van der Waals surface area contributed by atoms with E-state index in [1.54, 1.807) is 0 Å². The molecule has 1 heteroatoms. The van der Waals surface area contributed by atoms with Crippen molar-refractivity contribution in [2.45, 2.75) is 66.0 Å². The molecule has 0 N–H and O–H groups in total. The molecule has 1 saturated carbocycles. The van der Waals surface area contributed by atoms with Crippen LogP contribution < -0.4 is 0 Å². The van der Waals surface area contributed by atoms with Gasteiger partial charge in [0.05, 0.1) is 0 Å². The summed E-state index contributed by atoms with van der Waals surface area (Å²) in [6, 6.07) is 0.815. The minimum atomic E-state index is 0.353. The highest BCUT2D eigenvalue weighted by Gasteiger charge is 2.65. The largest absolute Gasteiger partial charge is 0.294 e. The maximum atomic E-state index is 2.71. The van der Waals surface area contributed by atoms with Crippen molar-refractivity contribution in [1.82, 2.24) is 4.90 Å². The van der Waals surface area contributed by atoms with Gasteiger partial charge in [-0.1, -0.05) is 20.8 Å². The van der Waals surface area contributed by atoms with Gasteiger partial charge in [0.2, 0.25) is 0 Å². The Bertz CT molecular complexity index is 235. The van der Waals surface area contributed by atoms with Crippen LogP contribution in [0.5, 0.6) is 0 Å². The van der Waals surface area contributed by atoms with Crippen molar-refractivity contribution in [1.29, 1.82) is 0 Å². The Morgan fingerprint density at radius 2 is 1.50 bits per heavy atom. The molecule has 0 amide bonds. The number of likely N-dealkylation sites (tertiary alicyclic amines) is 1. The first-order valence-electron chi connectivity index (χ1n) is 5.94. The molecule has 82 valence electrons. The number of hydrogen-bond acceptors (Lipinski definition) is 1. The van der Waals surface area contributed by atoms with E-state index in [4.69, 9.17) is 0 Å². The summed E-state index contributed by atoms with van der Waals surface area (Å²) in [6.07, 6.45) is 2.95. The summed E-state index contributed by atoms with van der Waals surface area (Å²) >= 11 is 0. The van der Waals surface area contributed by atoms with Gasteiger partial charge in [0.25, 0.3) is 0 Å². The molecule has 1 atom stereocenters. The third-order valence-corrected chi connectivity index (χ3v) is 3.95. The van der Waals surface area contributed by atoms with Crippen LogP contribution in [0.1, 0.15) is 54.4 Å². The predicted molar refractivity (Wildman–Crippen MR) is 61.4 cm³/mol. The van der Waals surface area contributed by atoms with Crippen molar-refractivity contribution < 1.29 is 0 Å². The molecule has 2 aliphatic rings. The summed E-state index contributed by atoms with van der Waals surface area (Å²) in [7, 11) is 0. The van der Waals surface area contributed by atoms with E-state index in [0.717, 1.165) is 11.5 Å². The maximum Gasteiger partial charge on any atom is 0.0218 e. The summed E-state index contributed by atoms with van der Waals surface area (Å²) < 4.78 is 0. The van der Waals surface area contributed by atoms with Crippen molar-refractivity contribution in [2.24, 2.45) is 10.8 Å². The molecule has 2 rings (SSSR count). The van der Waals surface area contributed by atoms with Gasteiger partial charge in [-0.3, -0.25) is 4.90 Å². The Labute approximate surface area is 88.9 Å². The molecule has 1 saturated heterocycles. The average Bonchev–Trinajstić information content (AvgIpc) is 2.53. The Hall–Kier alpha value is -0.0400. The lowest BCUT2D eigenvalue weighted by atomic mass is 9.68. The third kappa shape index (κ3) is 1.41. The average molecular weight is 195 g/mol. The number of rotatable bonds is 0. The van der Waals surface area contributed by atoms with Gasteiger partial charge in [-0.2, -0.15) is 0 Å². The van der Waals surface area contributed by atoms with Crippen LogP contribution in [-0.2, 0) is 0 Å². The molecular formula is C13H25N. The van der Waals surface area contributed by atoms with E-state index >= 15 is 0 Å². The van der Waals surface area contributed by atoms with Crippen LogP contribution in [-0.4, -0.2) is 23.0 Å². The Kier molecular flexibility index (Phi) is 1.91. The van der Waals surface area contributed by atoms with Gasteiger partial charge in [-0.25, -0.2) is 0 Å². The minimum Gasteiger partial charge on any atom is -0.294 e. The lowest BCUT2D eigenvalue weighted by Gasteiger charge is -2.60. The van der Waals surface area contributed by atoms with Gasteiger partial charge in [0.1, 0.15) is 0 Å². The van der Waals surface area contributed by atoms with Crippen LogP contribution in [0, 0.1) is 10.8 Å². The number of hydrogen-bond donors (Lipinski definition) is 0. The Morgan fingerprint density at radius 1 is 1.00 bits per heavy atom. The molecule has 1 heterocycles. The molecule has 0 aromatic rings. The van der Waals surface area contributed by atoms with Crippen molar-refractivity contribution >= 4 is 0 Å². The van der Waals surface area contributed by atoms with Gasteiger partial charge in [0.15, 0.2) is 0 Å². The highest BCUT2D eigenvalue weighted by Crippen LogP contribution is 2.63. The standard InChI is InChI=1S/C13H25N/c1-11(2,3)10-13(7-8-13)9-14(10)12(4,5)6/h10H,7-9H2,1-6H3. The topological polar surface area (TPSA) is 3.24 Å². The van der Waals surface area contributed by atoms with E-state index in [2.05, 4.69) is 46.4 Å². The van der Waals surface area contributed by atoms with Crippen molar-refractivity contribution in [2.75, 3.05) is 6.54 Å². The molecule has 1 spiro atoms. The van der Waals surface area contributed by atoms with Gasteiger partial charge in [-0.05, 0) is 44.4 Å². The molecule has 0 radical (unpaired) electrons. The van der Waals surface area contributed by atoms with Gasteiger partial charge < -0.3 is 0 Å². The molecule has 1 aliphatic carbocycles. The normalized spacial score (nSPS) is 31.7. The molecule has 0 aromatic heterocycles. The van der Waals surface area contributed by atoms with Crippen LogP contribution in [0.4, 0.5) is 0 Å². The van der Waals surface area contributed by atoms with Gasteiger partial charge in [-0.15, -0.1) is 0 Å². The van der Waals surface area contributed by atoms with Crippen molar-refractivity contribution in [3.05, 3.63) is 0 Å². The second kappa shape index (κ2) is 2.55. The summed E-state index contributed by atoms with van der Waals surface area (Å²) in [5, 5.41) is 0. The van der Waals surface area contributed by atoms with Crippen LogP contribution in [0.3, 0.4) is 0 Å². The zero-order valence-corrected chi connectivity index (χ0v) is 10.6. The van der Waals surface area contributed by atoms with Crippen LogP contribution >= 0.6 is 0 Å². The summed E-state index contributed by atoms with van der Waals surface area (Å²) in [5.41, 5.74) is 1.53. The molecule has 1 unspecified atom stereocenters. The van der Waals surface area contributed by atoms with Crippen LogP contribution in [0.2, 0.25) is 0 Å². The second-order valence-electron chi connectivity index (χ2n) is 7.43. The van der Waals surface area contributed by atoms with Crippen LogP contribution in [0.15, 0.2) is 0 Å².